The van der Waals surface area contributed by atoms with Gasteiger partial charge < -0.3 is 9.47 Å². The Bertz CT molecular complexity index is 888. The minimum absolute atomic E-state index is 0.0683. The van der Waals surface area contributed by atoms with Crippen molar-refractivity contribution in [3.05, 3.63) is 64.6 Å². The van der Waals surface area contributed by atoms with E-state index in [9.17, 15) is 13.6 Å². The van der Waals surface area contributed by atoms with Gasteiger partial charge in [-0.25, -0.2) is 0 Å². The average Bonchev–Trinajstić information content (AvgIpc) is 2.91. The molecule has 1 aliphatic rings. The van der Waals surface area contributed by atoms with Gasteiger partial charge in [-0.2, -0.15) is 8.78 Å². The van der Waals surface area contributed by atoms with Crippen molar-refractivity contribution in [1.82, 2.24) is 4.90 Å². The van der Waals surface area contributed by atoms with Crippen LogP contribution in [0.5, 0.6) is 11.5 Å². The van der Waals surface area contributed by atoms with Gasteiger partial charge in [0.15, 0.2) is 11.5 Å². The fraction of sp³-hybridized carbons (Fsp3) is 0.158. The van der Waals surface area contributed by atoms with E-state index in [1.54, 1.807) is 12.1 Å². The minimum atomic E-state index is -2.95. The molecule has 0 bridgehead atoms. The normalized spacial score (nSPS) is 15.7. The van der Waals surface area contributed by atoms with E-state index in [2.05, 4.69) is 4.74 Å². The minimum Gasteiger partial charge on any atom is -0.493 e. The number of benzene rings is 2. The van der Waals surface area contributed by atoms with Crippen LogP contribution in [0.25, 0.3) is 6.08 Å². The third kappa shape index (κ3) is 4.64. The number of methoxy groups -OCH3 is 1. The van der Waals surface area contributed by atoms with Crippen LogP contribution in [0, 0.1) is 0 Å². The first kappa shape index (κ1) is 19.3. The van der Waals surface area contributed by atoms with Crippen LogP contribution in [0.15, 0.2) is 53.4 Å². The van der Waals surface area contributed by atoms with Crippen molar-refractivity contribution < 1.29 is 23.0 Å². The lowest BCUT2D eigenvalue weighted by Crippen LogP contribution is -2.27. The molecule has 0 aromatic heterocycles. The van der Waals surface area contributed by atoms with E-state index in [1.165, 1.54) is 35.9 Å². The summed E-state index contributed by atoms with van der Waals surface area (Å²) in [7, 11) is 1.36. The van der Waals surface area contributed by atoms with Crippen molar-refractivity contribution in [2.75, 3.05) is 7.11 Å². The van der Waals surface area contributed by atoms with Crippen LogP contribution < -0.4 is 9.47 Å². The first-order valence-electron chi connectivity index (χ1n) is 7.90. The van der Waals surface area contributed by atoms with Gasteiger partial charge in [0.25, 0.3) is 5.91 Å². The Morgan fingerprint density at radius 2 is 1.93 bits per heavy atom. The second kappa shape index (κ2) is 8.49. The fourth-order valence-corrected chi connectivity index (χ4v) is 3.78. The Labute approximate surface area is 164 Å². The molecule has 8 heteroatoms. The van der Waals surface area contributed by atoms with Crippen LogP contribution in [0.3, 0.4) is 0 Å². The second-order valence-corrected chi connectivity index (χ2v) is 7.22. The number of thiocarbonyl (C=S) groups is 1. The number of halogens is 2. The molecule has 0 radical (unpaired) electrons. The quantitative estimate of drug-likeness (QED) is 0.513. The number of rotatable bonds is 6. The Morgan fingerprint density at radius 1 is 1.19 bits per heavy atom. The Hall–Kier alpha value is -2.45. The number of thioether (sulfide) groups is 1. The topological polar surface area (TPSA) is 38.8 Å². The van der Waals surface area contributed by atoms with Crippen molar-refractivity contribution in [2.24, 2.45) is 0 Å². The molecule has 1 amide bonds. The molecular weight excluding hydrogens is 392 g/mol. The van der Waals surface area contributed by atoms with Crippen LogP contribution in [0.4, 0.5) is 8.78 Å². The number of amides is 1. The summed E-state index contributed by atoms with van der Waals surface area (Å²) >= 11 is 6.53. The average molecular weight is 407 g/mol. The Balaban J connectivity index is 1.81. The van der Waals surface area contributed by atoms with Gasteiger partial charge >= 0.3 is 6.61 Å². The smallest absolute Gasteiger partial charge is 0.387 e. The van der Waals surface area contributed by atoms with E-state index in [1.807, 2.05) is 30.3 Å². The first-order chi connectivity index (χ1) is 13.0. The highest BCUT2D eigenvalue weighted by atomic mass is 32.2. The van der Waals surface area contributed by atoms with Crippen molar-refractivity contribution in [1.29, 1.82) is 0 Å². The van der Waals surface area contributed by atoms with Gasteiger partial charge in [-0.15, -0.1) is 0 Å². The summed E-state index contributed by atoms with van der Waals surface area (Å²) in [4.78, 5) is 14.7. The molecule has 0 atom stereocenters. The van der Waals surface area contributed by atoms with E-state index < -0.39 is 6.61 Å². The summed E-state index contributed by atoms with van der Waals surface area (Å²) in [6.45, 7) is -2.55. The van der Waals surface area contributed by atoms with Crippen molar-refractivity contribution >= 4 is 40.3 Å². The summed E-state index contributed by atoms with van der Waals surface area (Å²) in [5.41, 5.74) is 1.60. The fourth-order valence-electron chi connectivity index (χ4n) is 2.52. The zero-order valence-corrected chi connectivity index (χ0v) is 15.9. The standard InChI is InChI=1S/C19H15F2NO3S2/c1-24-15-9-13(7-8-14(15)25-18(20)21)10-16-17(23)22(19(26)27-16)11-12-5-3-2-4-6-12/h2-10,18H,11H2,1H3/b16-10+. The lowest BCUT2D eigenvalue weighted by atomic mass is 10.1. The van der Waals surface area contributed by atoms with Gasteiger partial charge in [-0.05, 0) is 29.3 Å². The summed E-state index contributed by atoms with van der Waals surface area (Å²) < 4.78 is 34.8. The van der Waals surface area contributed by atoms with Gasteiger partial charge in [0, 0.05) is 0 Å². The molecule has 2 aromatic carbocycles. The van der Waals surface area contributed by atoms with Crippen molar-refractivity contribution in [3.63, 3.8) is 0 Å². The molecular formula is C19H15F2NO3S2. The van der Waals surface area contributed by atoms with Gasteiger partial charge in [0.05, 0.1) is 18.6 Å². The molecule has 0 N–H and O–H groups in total. The van der Waals surface area contributed by atoms with Gasteiger partial charge in [0.2, 0.25) is 0 Å². The van der Waals surface area contributed by atoms with Gasteiger partial charge in [0.1, 0.15) is 4.32 Å². The predicted octanol–water partition coefficient (Wildman–Crippen LogP) is 4.70. The molecule has 0 saturated carbocycles. The third-order valence-corrected chi connectivity index (χ3v) is 5.14. The molecule has 1 fully saturated rings. The lowest BCUT2D eigenvalue weighted by molar-refractivity contribution is -0.122. The number of nitrogens with zero attached hydrogens (tertiary/aromatic N) is 1. The maximum Gasteiger partial charge on any atom is 0.387 e. The Morgan fingerprint density at radius 3 is 2.59 bits per heavy atom. The SMILES string of the molecule is COc1cc(/C=C2/SC(=S)N(Cc3ccccc3)C2=O)ccc1OC(F)F. The number of alkyl halides is 2. The maximum atomic E-state index is 12.7. The second-order valence-electron chi connectivity index (χ2n) is 5.54. The van der Waals surface area contributed by atoms with Crippen LogP contribution in [0.2, 0.25) is 0 Å². The van der Waals surface area contributed by atoms with Gasteiger partial charge in [-0.3, -0.25) is 9.69 Å². The Kier molecular flexibility index (Phi) is 6.08. The molecule has 0 unspecified atom stereocenters. The first-order valence-corrected chi connectivity index (χ1v) is 9.12. The molecule has 3 rings (SSSR count). The van der Waals surface area contributed by atoms with Crippen molar-refractivity contribution in [3.8, 4) is 11.5 Å². The zero-order chi connectivity index (χ0) is 19.4. The molecule has 27 heavy (non-hydrogen) atoms. The number of hydrogen-bond acceptors (Lipinski definition) is 5. The van der Waals surface area contributed by atoms with Crippen LogP contribution in [-0.2, 0) is 11.3 Å². The number of carbonyl (C=O) groups excluding carboxylic acids is 1. The largest absolute Gasteiger partial charge is 0.493 e. The highest BCUT2D eigenvalue weighted by Crippen LogP contribution is 2.35. The maximum absolute atomic E-state index is 12.7. The molecule has 0 aliphatic carbocycles. The van der Waals surface area contributed by atoms with E-state index in [0.717, 1.165) is 5.56 Å². The molecule has 0 spiro atoms. The molecule has 1 heterocycles. The van der Waals surface area contributed by atoms with Crippen molar-refractivity contribution in [2.45, 2.75) is 13.2 Å². The summed E-state index contributed by atoms with van der Waals surface area (Å²) in [5, 5.41) is 0. The predicted molar refractivity (Wildman–Crippen MR) is 105 cm³/mol. The number of ether oxygens (including phenoxy) is 2. The van der Waals surface area contributed by atoms with E-state index in [0.29, 0.717) is 21.3 Å². The van der Waals surface area contributed by atoms with E-state index >= 15 is 0 Å². The van der Waals surface area contributed by atoms with E-state index in [-0.39, 0.29) is 17.4 Å². The summed E-state index contributed by atoms with van der Waals surface area (Å²) in [5.74, 6) is -0.106. The van der Waals surface area contributed by atoms with Crippen LogP contribution in [0.1, 0.15) is 11.1 Å². The lowest BCUT2D eigenvalue weighted by Gasteiger charge is -2.14. The molecule has 1 aliphatic heterocycles. The summed E-state index contributed by atoms with van der Waals surface area (Å²) in [6.07, 6.45) is 1.65. The third-order valence-electron chi connectivity index (χ3n) is 3.76. The van der Waals surface area contributed by atoms with E-state index in [4.69, 9.17) is 17.0 Å². The highest BCUT2D eigenvalue weighted by molar-refractivity contribution is 8.26. The van der Waals surface area contributed by atoms with Crippen LogP contribution >= 0.6 is 24.0 Å². The monoisotopic (exact) mass is 407 g/mol. The molecule has 2 aromatic rings. The molecule has 4 nitrogen and oxygen atoms in total. The number of hydrogen-bond donors (Lipinski definition) is 0. The molecule has 1 saturated heterocycles. The summed E-state index contributed by atoms with van der Waals surface area (Å²) in [6, 6.07) is 14.0. The number of carbonyl (C=O) groups is 1. The zero-order valence-electron chi connectivity index (χ0n) is 14.2. The highest BCUT2D eigenvalue weighted by Gasteiger charge is 2.32. The van der Waals surface area contributed by atoms with Crippen LogP contribution in [-0.4, -0.2) is 28.8 Å². The van der Waals surface area contributed by atoms with Gasteiger partial charge in [-0.1, -0.05) is 60.4 Å². The molecule has 140 valence electrons.